The molecule has 2 heterocycles. The maximum absolute atomic E-state index is 12.2. The third-order valence-electron chi connectivity index (χ3n) is 3.66. The third kappa shape index (κ3) is 8.54. The molecule has 2 fully saturated rings. The highest BCUT2D eigenvalue weighted by molar-refractivity contribution is 6.28. The molecule has 1 aromatic rings. The topological polar surface area (TPSA) is 98.1 Å². The summed E-state index contributed by atoms with van der Waals surface area (Å²) in [7, 11) is 0. The first kappa shape index (κ1) is 19.4. The number of nitrogen functional groups attached to an aromatic ring is 1. The van der Waals surface area contributed by atoms with Crippen LogP contribution in [0.15, 0.2) is 6.20 Å². The monoisotopic (exact) mass is 345 g/mol. The van der Waals surface area contributed by atoms with Crippen LogP contribution in [0.1, 0.15) is 51.4 Å². The Kier molecular flexibility index (Phi) is 9.28. The highest BCUT2D eigenvalue weighted by atomic mass is 35.5. The molecule has 130 valence electrons. The number of urea groups is 1. The van der Waals surface area contributed by atoms with Crippen LogP contribution in [0, 0.1) is 5.82 Å². The number of amides is 2. The Labute approximate surface area is 141 Å². The first-order valence-electron chi connectivity index (χ1n) is 7.98. The van der Waals surface area contributed by atoms with Crippen molar-refractivity contribution in [2.24, 2.45) is 5.73 Å². The van der Waals surface area contributed by atoms with Crippen molar-refractivity contribution in [3.63, 3.8) is 0 Å². The van der Waals surface area contributed by atoms with Gasteiger partial charge in [-0.1, -0.05) is 38.5 Å². The zero-order chi connectivity index (χ0) is 17.1. The lowest BCUT2D eigenvalue weighted by atomic mass is 10.0. The SMILES string of the molecule is C1CCCCC1.NC(=O)N1CCCC1.Nc1nc(Cl)ncc1F. The van der Waals surface area contributed by atoms with E-state index >= 15 is 0 Å². The van der Waals surface area contributed by atoms with E-state index in [0.29, 0.717) is 0 Å². The second-order valence-corrected chi connectivity index (χ2v) is 5.86. The first-order chi connectivity index (χ1) is 11.0. The highest BCUT2D eigenvalue weighted by Gasteiger charge is 2.13. The van der Waals surface area contributed by atoms with Gasteiger partial charge in [-0.05, 0) is 24.4 Å². The first-order valence-corrected chi connectivity index (χ1v) is 8.36. The molecule has 0 bridgehead atoms. The number of nitrogens with two attached hydrogens (primary N) is 2. The maximum Gasteiger partial charge on any atom is 0.314 e. The summed E-state index contributed by atoms with van der Waals surface area (Å²) >= 11 is 5.25. The summed E-state index contributed by atoms with van der Waals surface area (Å²) in [6.07, 6.45) is 12.1. The van der Waals surface area contributed by atoms with Gasteiger partial charge in [-0.2, -0.15) is 4.98 Å². The average Bonchev–Trinajstić information content (AvgIpc) is 3.09. The Hall–Kier alpha value is -1.63. The second-order valence-electron chi connectivity index (χ2n) is 5.53. The van der Waals surface area contributed by atoms with E-state index in [1.807, 2.05) is 0 Å². The quantitative estimate of drug-likeness (QED) is 0.704. The van der Waals surface area contributed by atoms with Crippen molar-refractivity contribution in [1.29, 1.82) is 0 Å². The average molecular weight is 346 g/mol. The van der Waals surface area contributed by atoms with Crippen LogP contribution in [0.5, 0.6) is 0 Å². The van der Waals surface area contributed by atoms with Gasteiger partial charge in [0.2, 0.25) is 5.28 Å². The fourth-order valence-corrected chi connectivity index (χ4v) is 2.50. The molecule has 0 spiro atoms. The lowest BCUT2D eigenvalue weighted by molar-refractivity contribution is 0.218. The van der Waals surface area contributed by atoms with Crippen molar-refractivity contribution < 1.29 is 9.18 Å². The zero-order valence-electron chi connectivity index (χ0n) is 13.3. The van der Waals surface area contributed by atoms with Crippen LogP contribution in [-0.4, -0.2) is 34.0 Å². The number of rotatable bonds is 0. The smallest absolute Gasteiger partial charge is 0.314 e. The van der Waals surface area contributed by atoms with Gasteiger partial charge in [-0.3, -0.25) is 0 Å². The summed E-state index contributed by atoms with van der Waals surface area (Å²) in [6.45, 7) is 1.71. The second kappa shape index (κ2) is 11.0. The number of likely N-dealkylation sites (tertiary alicyclic amines) is 1. The lowest BCUT2D eigenvalue weighted by Gasteiger charge is -2.09. The zero-order valence-corrected chi connectivity index (χ0v) is 14.1. The van der Waals surface area contributed by atoms with E-state index in [1.54, 1.807) is 4.90 Å². The predicted octanol–water partition coefficient (Wildman–Crippen LogP) is 3.35. The number of anilines is 1. The summed E-state index contributed by atoms with van der Waals surface area (Å²) in [6, 6.07) is -0.275. The van der Waals surface area contributed by atoms with Crippen molar-refractivity contribution in [3.8, 4) is 0 Å². The third-order valence-corrected chi connectivity index (χ3v) is 3.84. The molecule has 0 atom stereocenters. The molecule has 1 saturated heterocycles. The Morgan fingerprint density at radius 2 is 1.57 bits per heavy atom. The number of nitrogens with zero attached hydrogens (tertiary/aromatic N) is 3. The van der Waals surface area contributed by atoms with E-state index in [1.165, 1.54) is 38.5 Å². The Morgan fingerprint density at radius 3 is 1.87 bits per heavy atom. The minimum atomic E-state index is -0.653. The number of primary amides is 1. The van der Waals surface area contributed by atoms with Crippen LogP contribution in [-0.2, 0) is 0 Å². The molecule has 4 N–H and O–H groups in total. The summed E-state index contributed by atoms with van der Waals surface area (Å²) in [5.41, 5.74) is 9.99. The van der Waals surface area contributed by atoms with Crippen LogP contribution in [0.4, 0.5) is 15.0 Å². The molecule has 0 aromatic carbocycles. The van der Waals surface area contributed by atoms with E-state index < -0.39 is 5.82 Å². The van der Waals surface area contributed by atoms with E-state index in [-0.39, 0.29) is 17.1 Å². The van der Waals surface area contributed by atoms with E-state index in [4.69, 9.17) is 23.1 Å². The van der Waals surface area contributed by atoms with Crippen molar-refractivity contribution in [3.05, 3.63) is 17.3 Å². The van der Waals surface area contributed by atoms with Gasteiger partial charge in [0, 0.05) is 13.1 Å². The fraction of sp³-hybridized carbons (Fsp3) is 0.667. The summed E-state index contributed by atoms with van der Waals surface area (Å²) < 4.78 is 12.2. The molecule has 23 heavy (non-hydrogen) atoms. The molecule has 0 radical (unpaired) electrons. The van der Waals surface area contributed by atoms with Crippen molar-refractivity contribution >= 4 is 23.4 Å². The summed E-state index contributed by atoms with van der Waals surface area (Å²) in [5.74, 6) is -0.880. The van der Waals surface area contributed by atoms with E-state index in [2.05, 4.69) is 9.97 Å². The van der Waals surface area contributed by atoms with Crippen molar-refractivity contribution in [2.45, 2.75) is 51.4 Å². The van der Waals surface area contributed by atoms with Crippen LogP contribution in [0.25, 0.3) is 0 Å². The van der Waals surface area contributed by atoms with Crippen molar-refractivity contribution in [2.75, 3.05) is 18.8 Å². The minimum Gasteiger partial charge on any atom is -0.381 e. The molecule has 0 unspecified atom stereocenters. The fourth-order valence-electron chi connectivity index (χ4n) is 2.36. The van der Waals surface area contributed by atoms with Crippen LogP contribution in [0.3, 0.4) is 0 Å². The normalized spacial score (nSPS) is 16.7. The Balaban J connectivity index is 0.000000176. The van der Waals surface area contributed by atoms with Gasteiger partial charge >= 0.3 is 6.03 Å². The number of aromatic nitrogens is 2. The van der Waals surface area contributed by atoms with Gasteiger partial charge in [0.15, 0.2) is 11.6 Å². The van der Waals surface area contributed by atoms with Gasteiger partial charge in [0.05, 0.1) is 6.20 Å². The molecule has 8 heteroatoms. The molecule has 6 nitrogen and oxygen atoms in total. The molecule has 2 aliphatic rings. The van der Waals surface area contributed by atoms with Gasteiger partial charge in [-0.15, -0.1) is 0 Å². The molecule has 1 aromatic heterocycles. The molecular weight excluding hydrogens is 321 g/mol. The van der Waals surface area contributed by atoms with Crippen molar-refractivity contribution in [1.82, 2.24) is 14.9 Å². The predicted molar refractivity (Wildman–Crippen MR) is 89.5 cm³/mol. The lowest BCUT2D eigenvalue weighted by Crippen LogP contribution is -2.32. The molecule has 1 aliphatic carbocycles. The van der Waals surface area contributed by atoms with Crippen LogP contribution >= 0.6 is 11.6 Å². The number of carbonyl (C=O) groups excluding carboxylic acids is 1. The standard InChI is InChI=1S/C6H12.C5H10N2O.C4H3ClFN3/c1-2-4-6-5-3-1;6-5(8)7-3-1-2-4-7;5-4-8-1-2(6)3(7)9-4/h1-6H2;1-4H2,(H2,6,8);1H,(H2,7,8,9). The summed E-state index contributed by atoms with van der Waals surface area (Å²) in [4.78, 5) is 18.7. The molecule has 2 amide bonds. The van der Waals surface area contributed by atoms with Crippen LogP contribution in [0.2, 0.25) is 5.28 Å². The number of hydrogen-bond acceptors (Lipinski definition) is 4. The maximum atomic E-state index is 12.2. The summed E-state index contributed by atoms with van der Waals surface area (Å²) in [5, 5.41) is -0.0473. The number of halogens is 2. The largest absolute Gasteiger partial charge is 0.381 e. The van der Waals surface area contributed by atoms with Gasteiger partial charge < -0.3 is 16.4 Å². The molecular formula is C15H25ClFN5O. The molecule has 1 saturated carbocycles. The van der Waals surface area contributed by atoms with E-state index in [9.17, 15) is 9.18 Å². The number of hydrogen-bond donors (Lipinski definition) is 2. The molecule has 3 rings (SSSR count). The number of carbonyl (C=O) groups is 1. The Morgan fingerprint density at radius 1 is 1.09 bits per heavy atom. The van der Waals surface area contributed by atoms with Gasteiger partial charge in [0.25, 0.3) is 0 Å². The highest BCUT2D eigenvalue weighted by Crippen LogP contribution is 2.15. The van der Waals surface area contributed by atoms with Gasteiger partial charge in [0.1, 0.15) is 0 Å². The van der Waals surface area contributed by atoms with E-state index in [0.717, 1.165) is 32.1 Å². The molecule has 1 aliphatic heterocycles. The Bertz CT molecular complexity index is 467. The van der Waals surface area contributed by atoms with Gasteiger partial charge in [-0.25, -0.2) is 14.2 Å². The minimum absolute atomic E-state index is 0.0473. The van der Waals surface area contributed by atoms with Crippen LogP contribution < -0.4 is 11.5 Å².